The second-order valence-corrected chi connectivity index (χ2v) is 6.13. The minimum atomic E-state index is -0.819. The molecule has 0 aromatic heterocycles. The molecule has 4 nitrogen and oxygen atoms in total. The highest BCUT2D eigenvalue weighted by molar-refractivity contribution is 5.64. The molecule has 0 radical (unpaired) electrons. The maximum Gasteiger partial charge on any atom is 0.407 e. The third kappa shape index (κ3) is 6.86. The average Bonchev–Trinajstić information content (AvgIpc) is 2.47. The van der Waals surface area contributed by atoms with Gasteiger partial charge in [-0.05, 0) is 58.7 Å². The molecule has 0 heterocycles. The van der Waals surface area contributed by atoms with Gasteiger partial charge in [-0.15, -0.1) is 5.92 Å². The monoisotopic (exact) mass is 294 g/mol. The number of amides is 1. The Balaban J connectivity index is 2.18. The van der Waals surface area contributed by atoms with E-state index in [0.29, 0.717) is 5.92 Å². The first kappa shape index (κ1) is 17.8. The fraction of sp³-hybridized carbons (Fsp3) is 0.824. The molecule has 1 rings (SSSR count). The van der Waals surface area contributed by atoms with Crippen molar-refractivity contribution in [3.8, 4) is 11.8 Å². The molecule has 0 bridgehead atoms. The van der Waals surface area contributed by atoms with Gasteiger partial charge in [-0.25, -0.2) is 4.79 Å². The number of unbranched alkanes of at least 4 members (excludes halogenated alkanes) is 1. The molecule has 1 saturated carbocycles. The predicted molar refractivity (Wildman–Crippen MR) is 86.3 cm³/mol. The SMILES string of the molecule is CCCN(C)CCCC#CC1CCC(N(C)C(=O)O)CC1. The van der Waals surface area contributed by atoms with Crippen molar-refractivity contribution in [3.63, 3.8) is 0 Å². The van der Waals surface area contributed by atoms with Gasteiger partial charge in [0, 0.05) is 25.4 Å². The van der Waals surface area contributed by atoms with Gasteiger partial charge in [0.25, 0.3) is 0 Å². The van der Waals surface area contributed by atoms with Crippen LogP contribution >= 0.6 is 0 Å². The molecule has 0 spiro atoms. The van der Waals surface area contributed by atoms with E-state index >= 15 is 0 Å². The van der Waals surface area contributed by atoms with Gasteiger partial charge >= 0.3 is 6.09 Å². The number of hydrogen-bond donors (Lipinski definition) is 1. The van der Waals surface area contributed by atoms with Crippen molar-refractivity contribution in [1.29, 1.82) is 0 Å². The van der Waals surface area contributed by atoms with Crippen LogP contribution in [-0.2, 0) is 0 Å². The first-order valence-corrected chi connectivity index (χ1v) is 8.17. The number of carbonyl (C=O) groups is 1. The van der Waals surface area contributed by atoms with E-state index in [-0.39, 0.29) is 6.04 Å². The molecule has 0 unspecified atom stereocenters. The Morgan fingerprint density at radius 2 is 1.86 bits per heavy atom. The molecule has 1 aliphatic carbocycles. The molecule has 1 amide bonds. The standard InChI is InChI=1S/C17H30N2O2/c1-4-13-18(2)14-7-5-6-8-15-9-11-16(12-10-15)19(3)17(20)21/h15-16H,4-5,7,9-14H2,1-3H3,(H,20,21). The van der Waals surface area contributed by atoms with E-state index in [0.717, 1.165) is 51.6 Å². The molecule has 1 N–H and O–H groups in total. The topological polar surface area (TPSA) is 43.8 Å². The van der Waals surface area contributed by atoms with Gasteiger partial charge < -0.3 is 14.9 Å². The second kappa shape index (κ2) is 9.68. The molecule has 0 aromatic rings. The van der Waals surface area contributed by atoms with Crippen LogP contribution in [0.25, 0.3) is 0 Å². The van der Waals surface area contributed by atoms with Gasteiger partial charge in [-0.3, -0.25) is 0 Å². The van der Waals surface area contributed by atoms with Crippen molar-refractivity contribution in [2.75, 3.05) is 27.2 Å². The summed E-state index contributed by atoms with van der Waals surface area (Å²) < 4.78 is 0. The lowest BCUT2D eigenvalue weighted by Crippen LogP contribution is -2.38. The lowest BCUT2D eigenvalue weighted by molar-refractivity contribution is 0.123. The van der Waals surface area contributed by atoms with Gasteiger partial charge in [-0.2, -0.15) is 0 Å². The van der Waals surface area contributed by atoms with Crippen LogP contribution in [0.5, 0.6) is 0 Å². The van der Waals surface area contributed by atoms with Gasteiger partial charge in [0.05, 0.1) is 0 Å². The van der Waals surface area contributed by atoms with E-state index in [1.807, 2.05) is 0 Å². The van der Waals surface area contributed by atoms with Crippen LogP contribution in [0.2, 0.25) is 0 Å². The lowest BCUT2D eigenvalue weighted by atomic mass is 9.86. The van der Waals surface area contributed by atoms with Crippen LogP contribution in [0.15, 0.2) is 0 Å². The molecular weight excluding hydrogens is 264 g/mol. The van der Waals surface area contributed by atoms with Gasteiger partial charge in [0.2, 0.25) is 0 Å². The van der Waals surface area contributed by atoms with Crippen LogP contribution in [-0.4, -0.2) is 54.2 Å². The van der Waals surface area contributed by atoms with E-state index in [2.05, 4.69) is 30.7 Å². The molecule has 120 valence electrons. The van der Waals surface area contributed by atoms with Crippen LogP contribution in [0.4, 0.5) is 4.79 Å². The molecule has 21 heavy (non-hydrogen) atoms. The van der Waals surface area contributed by atoms with E-state index < -0.39 is 6.09 Å². The van der Waals surface area contributed by atoms with Crippen molar-refractivity contribution in [3.05, 3.63) is 0 Å². The van der Waals surface area contributed by atoms with Gasteiger partial charge in [-0.1, -0.05) is 12.8 Å². The summed E-state index contributed by atoms with van der Waals surface area (Å²) in [6.45, 7) is 4.49. The summed E-state index contributed by atoms with van der Waals surface area (Å²) >= 11 is 0. The Kier molecular flexibility index (Phi) is 8.22. The largest absolute Gasteiger partial charge is 0.465 e. The third-order valence-electron chi connectivity index (χ3n) is 4.30. The Labute approximate surface area is 129 Å². The quantitative estimate of drug-likeness (QED) is 0.604. The van der Waals surface area contributed by atoms with E-state index in [1.54, 1.807) is 7.05 Å². The maximum absolute atomic E-state index is 10.9. The van der Waals surface area contributed by atoms with Crippen molar-refractivity contribution in [2.24, 2.45) is 5.92 Å². The smallest absolute Gasteiger partial charge is 0.407 e. The van der Waals surface area contributed by atoms with Crippen molar-refractivity contribution in [1.82, 2.24) is 9.80 Å². The highest BCUT2D eigenvalue weighted by atomic mass is 16.4. The minimum Gasteiger partial charge on any atom is -0.465 e. The summed E-state index contributed by atoms with van der Waals surface area (Å²) in [5, 5.41) is 8.98. The van der Waals surface area contributed by atoms with Crippen LogP contribution in [0.3, 0.4) is 0 Å². The zero-order valence-electron chi connectivity index (χ0n) is 13.8. The van der Waals surface area contributed by atoms with Crippen LogP contribution in [0.1, 0.15) is 51.9 Å². The predicted octanol–water partition coefficient (Wildman–Crippen LogP) is 3.28. The number of nitrogens with zero attached hydrogens (tertiary/aromatic N) is 2. The fourth-order valence-corrected chi connectivity index (χ4v) is 2.91. The van der Waals surface area contributed by atoms with E-state index in [9.17, 15) is 4.79 Å². The molecular formula is C17H30N2O2. The third-order valence-corrected chi connectivity index (χ3v) is 4.30. The van der Waals surface area contributed by atoms with Crippen LogP contribution < -0.4 is 0 Å². The van der Waals surface area contributed by atoms with Crippen molar-refractivity contribution < 1.29 is 9.90 Å². The highest BCUT2D eigenvalue weighted by Gasteiger charge is 2.25. The molecule has 0 saturated heterocycles. The summed E-state index contributed by atoms with van der Waals surface area (Å²) in [5.41, 5.74) is 0. The van der Waals surface area contributed by atoms with Crippen molar-refractivity contribution >= 4 is 6.09 Å². The number of rotatable bonds is 6. The fourth-order valence-electron chi connectivity index (χ4n) is 2.91. The highest BCUT2D eigenvalue weighted by Crippen LogP contribution is 2.26. The zero-order valence-corrected chi connectivity index (χ0v) is 13.8. The number of carboxylic acid groups (broad SMARTS) is 1. The Morgan fingerprint density at radius 1 is 1.19 bits per heavy atom. The maximum atomic E-state index is 10.9. The first-order valence-electron chi connectivity index (χ1n) is 8.17. The molecule has 0 aliphatic heterocycles. The minimum absolute atomic E-state index is 0.184. The normalized spacial score (nSPS) is 21.7. The summed E-state index contributed by atoms with van der Waals surface area (Å²) in [5.74, 6) is 7.16. The summed E-state index contributed by atoms with van der Waals surface area (Å²) in [6, 6.07) is 0.184. The molecule has 1 aliphatic rings. The molecule has 1 fully saturated rings. The zero-order chi connectivity index (χ0) is 15.7. The average molecular weight is 294 g/mol. The van der Waals surface area contributed by atoms with Gasteiger partial charge in [0.1, 0.15) is 0 Å². The van der Waals surface area contributed by atoms with Gasteiger partial charge in [0.15, 0.2) is 0 Å². The Bertz CT molecular complexity index is 365. The van der Waals surface area contributed by atoms with E-state index in [1.165, 1.54) is 11.3 Å². The molecule has 0 atom stereocenters. The Hall–Kier alpha value is -1.21. The van der Waals surface area contributed by atoms with Crippen molar-refractivity contribution in [2.45, 2.75) is 57.9 Å². The summed E-state index contributed by atoms with van der Waals surface area (Å²) in [7, 11) is 3.84. The first-order chi connectivity index (χ1) is 10.0. The lowest BCUT2D eigenvalue weighted by Gasteiger charge is -2.31. The second-order valence-electron chi connectivity index (χ2n) is 6.13. The molecule has 0 aromatic carbocycles. The summed E-state index contributed by atoms with van der Waals surface area (Å²) in [6.07, 6.45) is 6.46. The Morgan fingerprint density at radius 3 is 2.43 bits per heavy atom. The molecule has 4 heteroatoms. The van der Waals surface area contributed by atoms with Crippen LogP contribution in [0, 0.1) is 17.8 Å². The summed E-state index contributed by atoms with van der Waals surface area (Å²) in [4.78, 5) is 14.7. The van der Waals surface area contributed by atoms with E-state index in [4.69, 9.17) is 5.11 Å². The number of hydrogen-bond acceptors (Lipinski definition) is 2.